The number of hydrogen-bond donors (Lipinski definition) is 0. The SMILES string of the molecule is C=C(C)C1CCCCCC1=O. The number of Topliss-reactive ketones (excluding diaryl/α,β-unsaturated/α-hetero) is 1. The number of hydrogen-bond acceptors (Lipinski definition) is 1. The van der Waals surface area contributed by atoms with Gasteiger partial charge in [0.15, 0.2) is 0 Å². The second-order valence-electron chi connectivity index (χ2n) is 3.46. The fraction of sp³-hybridized carbons (Fsp3) is 0.700. The Labute approximate surface area is 68.5 Å². The summed E-state index contributed by atoms with van der Waals surface area (Å²) in [4.78, 5) is 11.4. The van der Waals surface area contributed by atoms with E-state index in [-0.39, 0.29) is 5.92 Å². The van der Waals surface area contributed by atoms with Crippen molar-refractivity contribution in [2.24, 2.45) is 5.92 Å². The Bertz CT molecular complexity index is 170. The molecule has 0 aromatic carbocycles. The van der Waals surface area contributed by atoms with E-state index in [0.29, 0.717) is 5.78 Å². The maximum absolute atomic E-state index is 11.4. The average molecular weight is 152 g/mol. The number of allylic oxidation sites excluding steroid dienone is 1. The highest BCUT2D eigenvalue weighted by Crippen LogP contribution is 2.24. The van der Waals surface area contributed by atoms with E-state index in [0.717, 1.165) is 24.8 Å². The summed E-state index contributed by atoms with van der Waals surface area (Å²) in [5, 5.41) is 0. The molecule has 0 spiro atoms. The van der Waals surface area contributed by atoms with Crippen molar-refractivity contribution in [3.05, 3.63) is 12.2 Å². The highest BCUT2D eigenvalue weighted by atomic mass is 16.1. The second-order valence-corrected chi connectivity index (χ2v) is 3.46. The van der Waals surface area contributed by atoms with Crippen LogP contribution in [0.5, 0.6) is 0 Å². The molecule has 0 aliphatic heterocycles. The maximum Gasteiger partial charge on any atom is 0.139 e. The molecule has 0 heterocycles. The minimum absolute atomic E-state index is 0.178. The first kappa shape index (κ1) is 8.51. The summed E-state index contributed by atoms with van der Waals surface area (Å²) in [6.07, 6.45) is 5.31. The van der Waals surface area contributed by atoms with Gasteiger partial charge in [-0.05, 0) is 19.8 Å². The summed E-state index contributed by atoms with van der Waals surface area (Å²) in [6, 6.07) is 0. The molecule has 1 heteroatoms. The lowest BCUT2D eigenvalue weighted by Gasteiger charge is -2.11. The molecule has 1 unspecified atom stereocenters. The third kappa shape index (κ3) is 2.18. The van der Waals surface area contributed by atoms with Crippen LogP contribution in [0.4, 0.5) is 0 Å². The Balaban J connectivity index is 2.59. The first-order chi connectivity index (χ1) is 5.22. The molecule has 0 aromatic rings. The molecule has 0 N–H and O–H groups in total. The van der Waals surface area contributed by atoms with E-state index < -0.39 is 0 Å². The summed E-state index contributed by atoms with van der Waals surface area (Å²) >= 11 is 0. The molecular formula is C10H16O. The molecule has 1 fully saturated rings. The topological polar surface area (TPSA) is 17.1 Å². The lowest BCUT2D eigenvalue weighted by atomic mass is 9.93. The summed E-state index contributed by atoms with van der Waals surface area (Å²) in [5.41, 5.74) is 1.05. The highest BCUT2D eigenvalue weighted by molar-refractivity contribution is 5.83. The van der Waals surface area contributed by atoms with Crippen LogP contribution < -0.4 is 0 Å². The Kier molecular flexibility index (Phi) is 2.86. The van der Waals surface area contributed by atoms with Gasteiger partial charge in [-0.25, -0.2) is 0 Å². The van der Waals surface area contributed by atoms with E-state index in [2.05, 4.69) is 6.58 Å². The third-order valence-electron chi connectivity index (χ3n) is 2.40. The number of ketones is 1. The van der Waals surface area contributed by atoms with Crippen LogP contribution in [0, 0.1) is 5.92 Å². The summed E-state index contributed by atoms with van der Waals surface area (Å²) < 4.78 is 0. The van der Waals surface area contributed by atoms with Crippen LogP contribution in [0.25, 0.3) is 0 Å². The molecule has 1 nitrogen and oxygen atoms in total. The van der Waals surface area contributed by atoms with Crippen molar-refractivity contribution in [3.8, 4) is 0 Å². The van der Waals surface area contributed by atoms with Gasteiger partial charge in [0.1, 0.15) is 5.78 Å². The van der Waals surface area contributed by atoms with Gasteiger partial charge in [0, 0.05) is 12.3 Å². The molecule has 1 rings (SSSR count). The van der Waals surface area contributed by atoms with Gasteiger partial charge in [0.2, 0.25) is 0 Å². The molecular weight excluding hydrogens is 136 g/mol. The Morgan fingerprint density at radius 1 is 1.45 bits per heavy atom. The van der Waals surface area contributed by atoms with Gasteiger partial charge in [-0.3, -0.25) is 4.79 Å². The molecule has 1 atom stereocenters. The van der Waals surface area contributed by atoms with Crippen LogP contribution >= 0.6 is 0 Å². The largest absolute Gasteiger partial charge is 0.299 e. The van der Waals surface area contributed by atoms with Crippen molar-refractivity contribution in [1.82, 2.24) is 0 Å². The minimum Gasteiger partial charge on any atom is -0.299 e. The number of carbonyl (C=O) groups is 1. The third-order valence-corrected chi connectivity index (χ3v) is 2.40. The second kappa shape index (κ2) is 3.70. The van der Waals surface area contributed by atoms with Crippen LogP contribution in [-0.2, 0) is 4.79 Å². The van der Waals surface area contributed by atoms with Crippen molar-refractivity contribution in [1.29, 1.82) is 0 Å². The van der Waals surface area contributed by atoms with Crippen LogP contribution in [0.3, 0.4) is 0 Å². The van der Waals surface area contributed by atoms with Crippen LogP contribution in [0.1, 0.15) is 39.0 Å². The monoisotopic (exact) mass is 152 g/mol. The Morgan fingerprint density at radius 2 is 2.18 bits per heavy atom. The van der Waals surface area contributed by atoms with Gasteiger partial charge in [-0.15, -0.1) is 0 Å². The van der Waals surface area contributed by atoms with Crippen molar-refractivity contribution >= 4 is 5.78 Å². The quantitative estimate of drug-likeness (QED) is 0.417. The molecule has 62 valence electrons. The fourth-order valence-electron chi connectivity index (χ4n) is 1.68. The van der Waals surface area contributed by atoms with Crippen molar-refractivity contribution in [2.75, 3.05) is 0 Å². The Hall–Kier alpha value is -0.590. The molecule has 0 amide bonds. The molecule has 0 aromatic heterocycles. The fourth-order valence-corrected chi connectivity index (χ4v) is 1.68. The van der Waals surface area contributed by atoms with Gasteiger partial charge in [-0.1, -0.05) is 25.0 Å². The van der Waals surface area contributed by atoms with Gasteiger partial charge in [-0.2, -0.15) is 0 Å². The van der Waals surface area contributed by atoms with E-state index in [1.165, 1.54) is 12.8 Å². The molecule has 1 aliphatic rings. The van der Waals surface area contributed by atoms with Crippen molar-refractivity contribution in [3.63, 3.8) is 0 Å². The summed E-state index contributed by atoms with van der Waals surface area (Å²) in [6.45, 7) is 5.82. The van der Waals surface area contributed by atoms with Crippen LogP contribution in [-0.4, -0.2) is 5.78 Å². The predicted octanol–water partition coefficient (Wildman–Crippen LogP) is 2.71. The lowest BCUT2D eigenvalue weighted by Crippen LogP contribution is -2.12. The van der Waals surface area contributed by atoms with Gasteiger partial charge in [0.25, 0.3) is 0 Å². The molecule has 1 saturated carbocycles. The zero-order valence-electron chi connectivity index (χ0n) is 7.23. The molecule has 0 radical (unpaired) electrons. The van der Waals surface area contributed by atoms with Gasteiger partial charge >= 0.3 is 0 Å². The summed E-state index contributed by atoms with van der Waals surface area (Å²) in [5.74, 6) is 0.590. The lowest BCUT2D eigenvalue weighted by molar-refractivity contribution is -0.121. The number of carbonyl (C=O) groups excluding carboxylic acids is 1. The van der Waals surface area contributed by atoms with E-state index in [9.17, 15) is 4.79 Å². The summed E-state index contributed by atoms with van der Waals surface area (Å²) in [7, 11) is 0. The first-order valence-electron chi connectivity index (χ1n) is 4.40. The van der Waals surface area contributed by atoms with Gasteiger partial charge < -0.3 is 0 Å². The standard InChI is InChI=1S/C10H16O/c1-8(2)9-6-4-3-5-7-10(9)11/h9H,1,3-7H2,2H3. The predicted molar refractivity (Wildman–Crippen MR) is 46.4 cm³/mol. The normalized spacial score (nSPS) is 26.3. The molecule has 0 saturated heterocycles. The minimum atomic E-state index is 0.178. The van der Waals surface area contributed by atoms with Gasteiger partial charge in [0.05, 0.1) is 0 Å². The maximum atomic E-state index is 11.4. The Morgan fingerprint density at radius 3 is 2.82 bits per heavy atom. The number of rotatable bonds is 1. The first-order valence-corrected chi connectivity index (χ1v) is 4.40. The molecule has 0 bridgehead atoms. The zero-order valence-corrected chi connectivity index (χ0v) is 7.23. The van der Waals surface area contributed by atoms with Crippen molar-refractivity contribution in [2.45, 2.75) is 39.0 Å². The molecule has 1 aliphatic carbocycles. The van der Waals surface area contributed by atoms with E-state index in [1.54, 1.807) is 0 Å². The smallest absolute Gasteiger partial charge is 0.139 e. The van der Waals surface area contributed by atoms with Crippen LogP contribution in [0.15, 0.2) is 12.2 Å². The van der Waals surface area contributed by atoms with E-state index >= 15 is 0 Å². The van der Waals surface area contributed by atoms with Crippen LogP contribution in [0.2, 0.25) is 0 Å². The molecule has 11 heavy (non-hydrogen) atoms. The highest BCUT2D eigenvalue weighted by Gasteiger charge is 2.20. The zero-order chi connectivity index (χ0) is 8.27. The van der Waals surface area contributed by atoms with E-state index in [4.69, 9.17) is 0 Å². The van der Waals surface area contributed by atoms with E-state index in [1.807, 2.05) is 6.92 Å². The average Bonchev–Trinajstić information content (AvgIpc) is 2.13. The van der Waals surface area contributed by atoms with Crippen molar-refractivity contribution < 1.29 is 4.79 Å².